The van der Waals surface area contributed by atoms with E-state index in [4.69, 9.17) is 22.4 Å². The summed E-state index contributed by atoms with van der Waals surface area (Å²) in [6.07, 6.45) is -0.923. The minimum Gasteiger partial charge on any atom is -0.395 e. The molecule has 1 rings (SSSR count). The summed E-state index contributed by atoms with van der Waals surface area (Å²) in [6, 6.07) is 4.34. The number of benzene rings is 1. The first-order valence-electron chi connectivity index (χ1n) is 4.05. The number of nitrogens with two attached hydrogens (primary N) is 1. The maximum absolute atomic E-state index is 9.72. The molecule has 0 radical (unpaired) electrons. The van der Waals surface area contributed by atoms with Gasteiger partial charge in [0, 0.05) is 9.50 Å². The van der Waals surface area contributed by atoms with Crippen LogP contribution in [0, 0.1) is 0 Å². The van der Waals surface area contributed by atoms with Gasteiger partial charge in [0.05, 0.1) is 18.8 Å². The van der Waals surface area contributed by atoms with Crippen molar-refractivity contribution in [2.24, 2.45) is 5.73 Å². The van der Waals surface area contributed by atoms with Crippen molar-refractivity contribution in [3.8, 4) is 0 Å². The van der Waals surface area contributed by atoms with Crippen molar-refractivity contribution < 1.29 is 10.2 Å². The van der Waals surface area contributed by atoms with Crippen LogP contribution in [0.2, 0.25) is 5.02 Å². The van der Waals surface area contributed by atoms with Crippen molar-refractivity contribution in [3.63, 3.8) is 0 Å². The first-order chi connectivity index (χ1) is 6.56. The molecule has 0 aromatic heterocycles. The molecule has 1 aromatic rings. The molecule has 0 aliphatic carbocycles. The van der Waals surface area contributed by atoms with Crippen LogP contribution in [0.5, 0.6) is 0 Å². The molecule has 0 saturated heterocycles. The van der Waals surface area contributed by atoms with E-state index in [9.17, 15) is 5.11 Å². The second-order valence-electron chi connectivity index (χ2n) is 2.96. The second-order valence-corrected chi connectivity index (χ2v) is 4.25. The van der Waals surface area contributed by atoms with Gasteiger partial charge in [-0.2, -0.15) is 0 Å². The fourth-order valence-electron chi connectivity index (χ4n) is 1.07. The Balaban J connectivity index is 2.99. The third kappa shape index (κ3) is 2.68. The number of hydrogen-bond donors (Lipinski definition) is 3. The van der Waals surface area contributed by atoms with E-state index in [0.717, 1.165) is 4.47 Å². The average molecular weight is 281 g/mol. The molecule has 0 amide bonds. The van der Waals surface area contributed by atoms with E-state index in [-0.39, 0.29) is 6.61 Å². The Bertz CT molecular complexity index is 322. The first-order valence-corrected chi connectivity index (χ1v) is 5.22. The van der Waals surface area contributed by atoms with Crippen LogP contribution in [0.1, 0.15) is 11.7 Å². The zero-order valence-electron chi connectivity index (χ0n) is 7.32. The average Bonchev–Trinajstić information content (AvgIpc) is 2.19. The van der Waals surface area contributed by atoms with Gasteiger partial charge in [0.2, 0.25) is 0 Å². The summed E-state index contributed by atoms with van der Waals surface area (Å²) >= 11 is 9.05. The van der Waals surface area contributed by atoms with Crippen LogP contribution in [-0.2, 0) is 0 Å². The van der Waals surface area contributed by atoms with Gasteiger partial charge in [-0.15, -0.1) is 0 Å². The van der Waals surface area contributed by atoms with Crippen molar-refractivity contribution in [3.05, 3.63) is 33.3 Å². The van der Waals surface area contributed by atoms with Crippen LogP contribution < -0.4 is 5.73 Å². The zero-order chi connectivity index (χ0) is 10.7. The molecule has 2 atom stereocenters. The van der Waals surface area contributed by atoms with Gasteiger partial charge in [0.1, 0.15) is 0 Å². The van der Waals surface area contributed by atoms with Gasteiger partial charge in [0.15, 0.2) is 0 Å². The number of aliphatic hydroxyl groups excluding tert-OH is 2. The molecule has 3 nitrogen and oxygen atoms in total. The van der Waals surface area contributed by atoms with Crippen molar-refractivity contribution in [1.29, 1.82) is 0 Å². The summed E-state index contributed by atoms with van der Waals surface area (Å²) in [7, 11) is 0. The maximum Gasteiger partial charge on any atom is 0.0974 e. The molecule has 0 spiro atoms. The summed E-state index contributed by atoms with van der Waals surface area (Å²) in [5.74, 6) is 0. The summed E-state index contributed by atoms with van der Waals surface area (Å²) in [5.41, 5.74) is 6.09. The summed E-state index contributed by atoms with van der Waals surface area (Å²) in [5, 5.41) is 19.0. The topological polar surface area (TPSA) is 66.5 Å². The van der Waals surface area contributed by atoms with Crippen LogP contribution in [-0.4, -0.2) is 22.9 Å². The third-order valence-electron chi connectivity index (χ3n) is 1.89. The Morgan fingerprint density at radius 2 is 2.14 bits per heavy atom. The van der Waals surface area contributed by atoms with Gasteiger partial charge in [-0.3, -0.25) is 0 Å². The molecule has 4 N–H and O–H groups in total. The van der Waals surface area contributed by atoms with E-state index in [2.05, 4.69) is 15.9 Å². The third-order valence-corrected chi connectivity index (χ3v) is 2.85. The second kappa shape index (κ2) is 5.09. The van der Waals surface area contributed by atoms with Crippen molar-refractivity contribution in [2.75, 3.05) is 6.61 Å². The molecular weight excluding hydrogens is 269 g/mol. The van der Waals surface area contributed by atoms with E-state index in [0.29, 0.717) is 10.6 Å². The lowest BCUT2D eigenvalue weighted by Crippen LogP contribution is -2.32. The fraction of sp³-hybridized carbons (Fsp3) is 0.333. The highest BCUT2D eigenvalue weighted by Gasteiger charge is 2.18. The van der Waals surface area contributed by atoms with Crippen LogP contribution >= 0.6 is 27.5 Å². The Labute approximate surface area is 95.6 Å². The molecule has 0 fully saturated rings. The van der Waals surface area contributed by atoms with Gasteiger partial charge in [-0.05, 0) is 23.8 Å². The molecule has 0 heterocycles. The van der Waals surface area contributed by atoms with Crippen molar-refractivity contribution in [1.82, 2.24) is 0 Å². The Hall–Kier alpha value is -0.130. The highest BCUT2D eigenvalue weighted by molar-refractivity contribution is 9.10. The summed E-state index contributed by atoms with van der Waals surface area (Å²) in [4.78, 5) is 0. The standard InChI is InChI=1S/C9H11BrClNO2/c10-7-2-1-5(11)3-6(7)9(14)8(12)4-13/h1-3,8-9,13-14H,4,12H2. The largest absolute Gasteiger partial charge is 0.395 e. The normalized spacial score (nSPS) is 15.2. The lowest BCUT2D eigenvalue weighted by molar-refractivity contribution is 0.109. The predicted octanol–water partition coefficient (Wildman–Crippen LogP) is 1.46. The lowest BCUT2D eigenvalue weighted by atomic mass is 10.0. The molecule has 1 aromatic carbocycles. The molecule has 0 aliphatic heterocycles. The van der Waals surface area contributed by atoms with Gasteiger partial charge in [-0.25, -0.2) is 0 Å². The minimum atomic E-state index is -0.923. The van der Waals surface area contributed by atoms with Crippen LogP contribution in [0.15, 0.2) is 22.7 Å². The van der Waals surface area contributed by atoms with Crippen LogP contribution in [0.25, 0.3) is 0 Å². The van der Waals surface area contributed by atoms with Crippen molar-refractivity contribution in [2.45, 2.75) is 12.1 Å². The Morgan fingerprint density at radius 1 is 1.50 bits per heavy atom. The summed E-state index contributed by atoms with van der Waals surface area (Å²) in [6.45, 7) is -0.278. The molecule has 14 heavy (non-hydrogen) atoms. The fourth-order valence-corrected chi connectivity index (χ4v) is 1.73. The summed E-state index contributed by atoms with van der Waals surface area (Å²) < 4.78 is 0.721. The van der Waals surface area contributed by atoms with Crippen LogP contribution in [0.3, 0.4) is 0 Å². The number of rotatable bonds is 3. The lowest BCUT2D eigenvalue weighted by Gasteiger charge is -2.18. The van der Waals surface area contributed by atoms with Gasteiger partial charge < -0.3 is 15.9 Å². The number of hydrogen-bond acceptors (Lipinski definition) is 3. The monoisotopic (exact) mass is 279 g/mol. The highest BCUT2D eigenvalue weighted by Crippen LogP contribution is 2.27. The predicted molar refractivity (Wildman–Crippen MR) is 59.2 cm³/mol. The van der Waals surface area contributed by atoms with E-state index in [1.807, 2.05) is 0 Å². The molecule has 0 saturated carbocycles. The van der Waals surface area contributed by atoms with E-state index in [1.54, 1.807) is 18.2 Å². The molecular formula is C9H11BrClNO2. The molecule has 78 valence electrons. The van der Waals surface area contributed by atoms with Gasteiger partial charge >= 0.3 is 0 Å². The molecule has 5 heteroatoms. The quantitative estimate of drug-likeness (QED) is 0.785. The highest BCUT2D eigenvalue weighted by atomic mass is 79.9. The smallest absolute Gasteiger partial charge is 0.0974 e. The number of halogens is 2. The molecule has 0 aliphatic rings. The van der Waals surface area contributed by atoms with Crippen molar-refractivity contribution >= 4 is 27.5 Å². The van der Waals surface area contributed by atoms with E-state index >= 15 is 0 Å². The zero-order valence-corrected chi connectivity index (χ0v) is 9.66. The Morgan fingerprint density at radius 3 is 2.71 bits per heavy atom. The Kier molecular flexibility index (Phi) is 4.34. The van der Waals surface area contributed by atoms with Gasteiger partial charge in [-0.1, -0.05) is 27.5 Å². The van der Waals surface area contributed by atoms with Crippen LogP contribution in [0.4, 0.5) is 0 Å². The molecule has 0 bridgehead atoms. The molecule has 2 unspecified atom stereocenters. The number of aliphatic hydroxyl groups is 2. The van der Waals surface area contributed by atoms with Gasteiger partial charge in [0.25, 0.3) is 0 Å². The maximum atomic E-state index is 9.72. The first kappa shape index (κ1) is 11.9. The van der Waals surface area contributed by atoms with E-state index in [1.165, 1.54) is 0 Å². The SMILES string of the molecule is NC(CO)C(O)c1cc(Cl)ccc1Br. The minimum absolute atomic E-state index is 0.278. The van der Waals surface area contributed by atoms with E-state index < -0.39 is 12.1 Å².